The van der Waals surface area contributed by atoms with Crippen LogP contribution in [-0.4, -0.2) is 62.7 Å². The summed E-state index contributed by atoms with van der Waals surface area (Å²) < 4.78 is 0. The van der Waals surface area contributed by atoms with Gasteiger partial charge >= 0.3 is 0 Å². The van der Waals surface area contributed by atoms with Gasteiger partial charge in [-0.2, -0.15) is 0 Å². The van der Waals surface area contributed by atoms with E-state index in [9.17, 15) is 0 Å². The fourth-order valence-corrected chi connectivity index (χ4v) is 3.94. The summed E-state index contributed by atoms with van der Waals surface area (Å²) in [6, 6.07) is 0.786. The third-order valence-corrected chi connectivity index (χ3v) is 4.92. The van der Waals surface area contributed by atoms with Crippen molar-refractivity contribution >= 4 is 0 Å². The molecule has 2 aliphatic rings. The molecule has 3 unspecified atom stereocenters. The highest BCUT2D eigenvalue weighted by atomic mass is 15.2. The van der Waals surface area contributed by atoms with Gasteiger partial charge in [-0.05, 0) is 64.7 Å². The van der Waals surface area contributed by atoms with Gasteiger partial charge in [0.2, 0.25) is 0 Å². The number of hydrogen-bond acceptors (Lipinski definition) is 3. The van der Waals surface area contributed by atoms with Crippen LogP contribution in [0.4, 0.5) is 0 Å². The molecule has 0 bridgehead atoms. The van der Waals surface area contributed by atoms with E-state index in [1.54, 1.807) is 0 Å². The molecule has 2 rings (SSSR count). The second-order valence-corrected chi connectivity index (χ2v) is 6.89. The van der Waals surface area contributed by atoms with E-state index < -0.39 is 0 Å². The molecule has 3 atom stereocenters. The minimum Gasteiger partial charge on any atom is -0.314 e. The molecule has 1 aliphatic carbocycles. The normalized spacial score (nSPS) is 32.5. The molecule has 0 spiro atoms. The molecular weight excluding hydrogens is 234 g/mol. The highest BCUT2D eigenvalue weighted by Gasteiger charge is 2.28. The maximum absolute atomic E-state index is 3.75. The van der Waals surface area contributed by atoms with Crippen LogP contribution in [-0.2, 0) is 0 Å². The standard InChI is InChI=1S/C16H33N3/c1-4-9-17-16-7-5-6-15(16)13-19(3)12-14-8-10-18(2)11-14/h14-17H,4-13H2,1-3H3. The molecule has 2 fully saturated rings. The Bertz CT molecular complexity index is 256. The second kappa shape index (κ2) is 7.61. The van der Waals surface area contributed by atoms with Crippen LogP contribution in [0.15, 0.2) is 0 Å². The summed E-state index contributed by atoms with van der Waals surface area (Å²) in [6.07, 6.45) is 6.89. The van der Waals surface area contributed by atoms with E-state index in [4.69, 9.17) is 0 Å². The van der Waals surface area contributed by atoms with Crippen molar-refractivity contribution in [2.75, 3.05) is 46.8 Å². The van der Waals surface area contributed by atoms with E-state index in [1.165, 1.54) is 64.8 Å². The Hall–Kier alpha value is -0.120. The van der Waals surface area contributed by atoms with Gasteiger partial charge < -0.3 is 15.1 Å². The van der Waals surface area contributed by atoms with Gasteiger partial charge in [0.25, 0.3) is 0 Å². The first-order valence-electron chi connectivity index (χ1n) is 8.29. The molecule has 1 heterocycles. The van der Waals surface area contributed by atoms with Crippen molar-refractivity contribution in [3.8, 4) is 0 Å². The third-order valence-electron chi connectivity index (χ3n) is 4.92. The Morgan fingerprint density at radius 1 is 1.21 bits per heavy atom. The molecular formula is C16H33N3. The van der Waals surface area contributed by atoms with Crippen molar-refractivity contribution in [2.24, 2.45) is 11.8 Å². The summed E-state index contributed by atoms with van der Waals surface area (Å²) in [5.41, 5.74) is 0. The lowest BCUT2D eigenvalue weighted by Gasteiger charge is -2.28. The van der Waals surface area contributed by atoms with Crippen LogP contribution in [0.5, 0.6) is 0 Å². The summed E-state index contributed by atoms with van der Waals surface area (Å²) in [6.45, 7) is 8.63. The highest BCUT2D eigenvalue weighted by Crippen LogP contribution is 2.27. The quantitative estimate of drug-likeness (QED) is 0.761. The summed E-state index contributed by atoms with van der Waals surface area (Å²) in [4.78, 5) is 5.07. The molecule has 1 saturated heterocycles. The lowest BCUT2D eigenvalue weighted by Crippen LogP contribution is -2.40. The van der Waals surface area contributed by atoms with Crippen molar-refractivity contribution in [1.82, 2.24) is 15.1 Å². The zero-order valence-electron chi connectivity index (χ0n) is 13.2. The third kappa shape index (κ3) is 4.73. The van der Waals surface area contributed by atoms with E-state index in [0.29, 0.717) is 0 Å². The van der Waals surface area contributed by atoms with Crippen molar-refractivity contribution in [3.05, 3.63) is 0 Å². The SMILES string of the molecule is CCCNC1CCCC1CN(C)CC1CCN(C)C1. The smallest absolute Gasteiger partial charge is 0.0107 e. The van der Waals surface area contributed by atoms with Gasteiger partial charge in [0.15, 0.2) is 0 Å². The van der Waals surface area contributed by atoms with Gasteiger partial charge in [0, 0.05) is 25.7 Å². The van der Waals surface area contributed by atoms with Crippen molar-refractivity contribution in [1.29, 1.82) is 0 Å². The maximum Gasteiger partial charge on any atom is 0.0107 e. The average molecular weight is 267 g/mol. The molecule has 0 aromatic heterocycles. The molecule has 0 radical (unpaired) electrons. The molecule has 0 aromatic rings. The predicted octanol–water partition coefficient (Wildman–Crippen LogP) is 2.04. The van der Waals surface area contributed by atoms with Gasteiger partial charge in [-0.3, -0.25) is 0 Å². The molecule has 1 N–H and O–H groups in total. The first-order chi connectivity index (χ1) is 9.19. The Kier molecular flexibility index (Phi) is 6.11. The highest BCUT2D eigenvalue weighted by molar-refractivity contribution is 4.85. The van der Waals surface area contributed by atoms with Gasteiger partial charge in [0.05, 0.1) is 0 Å². The summed E-state index contributed by atoms with van der Waals surface area (Å²) >= 11 is 0. The zero-order chi connectivity index (χ0) is 13.7. The topological polar surface area (TPSA) is 18.5 Å². The van der Waals surface area contributed by atoms with Crippen LogP contribution in [0.2, 0.25) is 0 Å². The van der Waals surface area contributed by atoms with Crippen LogP contribution in [0.25, 0.3) is 0 Å². The number of hydrogen-bond donors (Lipinski definition) is 1. The van der Waals surface area contributed by atoms with Crippen LogP contribution >= 0.6 is 0 Å². The van der Waals surface area contributed by atoms with Crippen LogP contribution in [0.3, 0.4) is 0 Å². The fraction of sp³-hybridized carbons (Fsp3) is 1.00. The largest absolute Gasteiger partial charge is 0.314 e. The van der Waals surface area contributed by atoms with Gasteiger partial charge in [-0.15, -0.1) is 0 Å². The maximum atomic E-state index is 3.75. The van der Waals surface area contributed by atoms with E-state index in [1.807, 2.05) is 0 Å². The first kappa shape index (κ1) is 15.3. The Balaban J connectivity index is 1.70. The average Bonchev–Trinajstić information content (AvgIpc) is 2.96. The fourth-order valence-electron chi connectivity index (χ4n) is 3.94. The molecule has 112 valence electrons. The summed E-state index contributed by atoms with van der Waals surface area (Å²) in [5, 5.41) is 3.75. The molecule has 3 nitrogen and oxygen atoms in total. The van der Waals surface area contributed by atoms with E-state index in [0.717, 1.165) is 17.9 Å². The number of rotatable bonds is 7. The number of likely N-dealkylation sites (tertiary alicyclic amines) is 1. The van der Waals surface area contributed by atoms with Gasteiger partial charge in [0.1, 0.15) is 0 Å². The van der Waals surface area contributed by atoms with Crippen molar-refractivity contribution in [3.63, 3.8) is 0 Å². The molecule has 1 aliphatic heterocycles. The van der Waals surface area contributed by atoms with Crippen LogP contribution in [0, 0.1) is 11.8 Å². The van der Waals surface area contributed by atoms with Crippen molar-refractivity contribution < 1.29 is 0 Å². The Morgan fingerprint density at radius 2 is 2.05 bits per heavy atom. The van der Waals surface area contributed by atoms with Crippen LogP contribution in [0.1, 0.15) is 39.0 Å². The van der Waals surface area contributed by atoms with Gasteiger partial charge in [-0.25, -0.2) is 0 Å². The summed E-state index contributed by atoms with van der Waals surface area (Å²) in [7, 11) is 4.58. The lowest BCUT2D eigenvalue weighted by molar-refractivity contribution is 0.220. The molecule has 19 heavy (non-hydrogen) atoms. The molecule has 1 saturated carbocycles. The van der Waals surface area contributed by atoms with E-state index >= 15 is 0 Å². The number of nitrogens with zero attached hydrogens (tertiary/aromatic N) is 2. The van der Waals surface area contributed by atoms with E-state index in [2.05, 4.69) is 36.1 Å². The molecule has 0 aromatic carbocycles. The number of nitrogens with one attached hydrogen (secondary N) is 1. The van der Waals surface area contributed by atoms with Crippen LogP contribution < -0.4 is 5.32 Å². The summed E-state index contributed by atoms with van der Waals surface area (Å²) in [5.74, 6) is 1.79. The minimum absolute atomic E-state index is 0.786. The minimum atomic E-state index is 0.786. The first-order valence-corrected chi connectivity index (χ1v) is 8.29. The monoisotopic (exact) mass is 267 g/mol. The van der Waals surface area contributed by atoms with Gasteiger partial charge in [-0.1, -0.05) is 13.3 Å². The molecule has 0 amide bonds. The molecule has 3 heteroatoms. The second-order valence-electron chi connectivity index (χ2n) is 6.89. The lowest BCUT2D eigenvalue weighted by atomic mass is 10.0. The zero-order valence-corrected chi connectivity index (χ0v) is 13.2. The Labute approximate surface area is 119 Å². The van der Waals surface area contributed by atoms with Crippen molar-refractivity contribution in [2.45, 2.75) is 45.1 Å². The Morgan fingerprint density at radius 3 is 2.74 bits per heavy atom. The predicted molar refractivity (Wildman–Crippen MR) is 82.5 cm³/mol. The van der Waals surface area contributed by atoms with E-state index in [-0.39, 0.29) is 0 Å².